The van der Waals surface area contributed by atoms with Gasteiger partial charge in [-0.25, -0.2) is 0 Å². The van der Waals surface area contributed by atoms with Crippen LogP contribution >= 0.6 is 0 Å². The van der Waals surface area contributed by atoms with Crippen molar-refractivity contribution in [3.63, 3.8) is 0 Å². The second-order valence-electron chi connectivity index (χ2n) is 5.25. The molecule has 0 N–H and O–H groups in total. The first-order valence-corrected chi connectivity index (χ1v) is 10.9. The largest absolute Gasteiger partial charge is 0.0802 e. The Kier molecular flexibility index (Phi) is 1.60. The smallest absolute Gasteiger partial charge is 0.0729 e. The highest BCUT2D eigenvalue weighted by Crippen LogP contribution is 2.70. The molecule has 0 aromatic heterocycles. The van der Waals surface area contributed by atoms with Gasteiger partial charge in [-0.2, -0.15) is 0 Å². The second kappa shape index (κ2) is 2.47. The Hall–Kier alpha value is -0.216. The average Bonchev–Trinajstić information content (AvgIpc) is 2.54. The number of rotatable bonds is 0. The van der Waals surface area contributed by atoms with E-state index in [2.05, 4.69) is 38.3 Å². The summed E-state index contributed by atoms with van der Waals surface area (Å²) in [6, 6.07) is 0. The summed E-state index contributed by atoms with van der Waals surface area (Å²) in [5.41, 5.74) is 7.00. The number of hydrogen-bond donors (Lipinski definition) is 0. The number of allylic oxidation sites excluding steroid dienone is 4. The molecule has 1 saturated heterocycles. The molecule has 3 rings (SSSR count). The first-order valence-electron chi connectivity index (χ1n) is 5.38. The third-order valence-electron chi connectivity index (χ3n) is 3.74. The van der Waals surface area contributed by atoms with Gasteiger partial charge in [-0.15, -0.1) is 0 Å². The zero-order valence-electron chi connectivity index (χ0n) is 9.36. The lowest BCUT2D eigenvalue weighted by atomic mass is 9.82. The minimum Gasteiger partial charge on any atom is -0.0802 e. The maximum atomic E-state index is 2.50. The van der Waals surface area contributed by atoms with E-state index in [4.69, 9.17) is 0 Å². The van der Waals surface area contributed by atoms with Gasteiger partial charge in [0.15, 0.2) is 0 Å². The highest BCUT2D eigenvalue weighted by molar-refractivity contribution is 7.06. The Labute approximate surface area is 89.0 Å². The van der Waals surface area contributed by atoms with E-state index in [0.29, 0.717) is 0 Å². The van der Waals surface area contributed by atoms with Crippen molar-refractivity contribution in [1.82, 2.24) is 0 Å². The van der Waals surface area contributed by atoms with Gasteiger partial charge in [-0.3, -0.25) is 0 Å². The Morgan fingerprint density at radius 3 is 2.57 bits per heavy atom. The van der Waals surface area contributed by atoms with Gasteiger partial charge in [-0.1, -0.05) is 43.5 Å². The van der Waals surface area contributed by atoms with Crippen LogP contribution in [-0.4, -0.2) is 21.7 Å². The van der Waals surface area contributed by atoms with Gasteiger partial charge in [0, 0.05) is 19.5 Å². The minimum absolute atomic E-state index is 0.225. The van der Waals surface area contributed by atoms with Gasteiger partial charge < -0.3 is 0 Å². The van der Waals surface area contributed by atoms with Crippen LogP contribution < -0.4 is 0 Å². The molecule has 0 unspecified atom stereocenters. The lowest BCUT2D eigenvalue weighted by Crippen LogP contribution is -2.22. The van der Waals surface area contributed by atoms with Crippen LogP contribution in [0, 0.1) is 11.1 Å². The summed E-state index contributed by atoms with van der Waals surface area (Å²) in [5.74, 6) is 0. The monoisotopic (exact) mass is 216 g/mol. The molecule has 3 aliphatic rings. The van der Waals surface area contributed by atoms with Crippen LogP contribution in [0.3, 0.4) is 0 Å². The van der Waals surface area contributed by atoms with E-state index < -0.39 is 8.07 Å². The fraction of sp³-hybridized carbons (Fsp3) is 0.417. The van der Waals surface area contributed by atoms with Crippen LogP contribution in [-0.2, 0) is 0 Å². The molecule has 0 aromatic rings. The SMILES string of the molecule is C[Si](C)=C1CC=CC2=C1[C]1[C]2[Si]1(C)C. The molecule has 14 heavy (non-hydrogen) atoms. The maximum Gasteiger partial charge on any atom is 0.0729 e. The summed E-state index contributed by atoms with van der Waals surface area (Å²) in [6.07, 6.45) is 5.99. The summed E-state index contributed by atoms with van der Waals surface area (Å²) in [7, 11) is -1.19. The Morgan fingerprint density at radius 1 is 1.21 bits per heavy atom. The van der Waals surface area contributed by atoms with E-state index in [1.54, 1.807) is 21.9 Å². The molecule has 2 heteroatoms. The Balaban J connectivity index is 2.07. The van der Waals surface area contributed by atoms with Crippen LogP contribution in [0.25, 0.3) is 0 Å². The summed E-state index contributed by atoms with van der Waals surface area (Å²) in [4.78, 5) is 0. The molecular formula is C12H16Si2. The molecule has 0 aromatic carbocycles. The summed E-state index contributed by atoms with van der Waals surface area (Å²) >= 11 is 0. The molecule has 1 aliphatic heterocycles. The molecule has 2 aliphatic carbocycles. The fourth-order valence-corrected chi connectivity index (χ4v) is 8.06. The summed E-state index contributed by atoms with van der Waals surface area (Å²) < 4.78 is 0. The minimum atomic E-state index is -0.969. The topological polar surface area (TPSA) is 0 Å². The first-order chi connectivity index (χ1) is 6.55. The van der Waals surface area contributed by atoms with Crippen molar-refractivity contribution in [2.75, 3.05) is 0 Å². The van der Waals surface area contributed by atoms with Gasteiger partial charge in [0.05, 0.1) is 8.07 Å². The zero-order valence-corrected chi connectivity index (χ0v) is 11.4. The average molecular weight is 216 g/mol. The third-order valence-corrected chi connectivity index (χ3v) is 8.67. The first kappa shape index (κ1) is 9.04. The van der Waals surface area contributed by atoms with Crippen LogP contribution in [0.4, 0.5) is 0 Å². The molecule has 0 amide bonds. The molecule has 0 spiro atoms. The molecule has 0 nitrogen and oxygen atoms in total. The van der Waals surface area contributed by atoms with E-state index >= 15 is 0 Å². The highest BCUT2D eigenvalue weighted by Gasteiger charge is 2.70. The van der Waals surface area contributed by atoms with Gasteiger partial charge in [0.1, 0.15) is 0 Å². The van der Waals surface area contributed by atoms with Crippen molar-refractivity contribution >= 4 is 21.7 Å². The molecule has 1 fully saturated rings. The van der Waals surface area contributed by atoms with Crippen LogP contribution in [0.2, 0.25) is 26.2 Å². The maximum absolute atomic E-state index is 2.50. The molecule has 1 heterocycles. The van der Waals surface area contributed by atoms with E-state index in [-0.39, 0.29) is 8.41 Å². The van der Waals surface area contributed by atoms with Gasteiger partial charge in [-0.05, 0) is 17.6 Å². The van der Waals surface area contributed by atoms with Gasteiger partial charge in [0.25, 0.3) is 0 Å². The molecule has 2 radical (unpaired) electrons. The molecule has 0 saturated carbocycles. The predicted octanol–water partition coefficient (Wildman–Crippen LogP) is 2.71. The van der Waals surface area contributed by atoms with Crippen molar-refractivity contribution in [3.8, 4) is 0 Å². The Morgan fingerprint density at radius 2 is 1.93 bits per heavy atom. The number of hydrogen-bond acceptors (Lipinski definition) is 0. The molecule has 0 atom stereocenters. The van der Waals surface area contributed by atoms with E-state index in [9.17, 15) is 0 Å². The number of fused-ring (bicyclic) bond motifs is 3. The summed E-state index contributed by atoms with van der Waals surface area (Å²) in [6.45, 7) is 9.86. The van der Waals surface area contributed by atoms with Crippen LogP contribution in [0.1, 0.15) is 6.42 Å². The fourth-order valence-electron chi connectivity index (χ4n) is 2.91. The summed E-state index contributed by atoms with van der Waals surface area (Å²) in [5, 5.41) is 1.80. The quantitative estimate of drug-likeness (QED) is 0.546. The van der Waals surface area contributed by atoms with E-state index in [1.807, 2.05) is 5.54 Å². The molecule has 72 valence electrons. The molecule has 0 bridgehead atoms. The standard InChI is InChI=1S/C12H16Si2/c1-13(2)9-7-5-6-8-10(9)12-11(8)14(12,3)4/h5-6H,7H2,1-4H3. The predicted molar refractivity (Wildman–Crippen MR) is 67.2 cm³/mol. The van der Waals surface area contributed by atoms with Crippen molar-refractivity contribution in [3.05, 3.63) is 34.4 Å². The van der Waals surface area contributed by atoms with Crippen molar-refractivity contribution < 1.29 is 0 Å². The highest BCUT2D eigenvalue weighted by atomic mass is 28.3. The zero-order chi connectivity index (χ0) is 10.1. The van der Waals surface area contributed by atoms with Crippen LogP contribution in [0.15, 0.2) is 23.3 Å². The second-order valence-corrected chi connectivity index (χ2v) is 12.1. The van der Waals surface area contributed by atoms with Gasteiger partial charge >= 0.3 is 0 Å². The lowest BCUT2D eigenvalue weighted by molar-refractivity contribution is 1.24. The van der Waals surface area contributed by atoms with Gasteiger partial charge in [0.2, 0.25) is 0 Å². The van der Waals surface area contributed by atoms with Crippen molar-refractivity contribution in [2.24, 2.45) is 0 Å². The van der Waals surface area contributed by atoms with Crippen molar-refractivity contribution in [1.29, 1.82) is 0 Å². The normalized spacial score (nSPS) is 28.4. The van der Waals surface area contributed by atoms with Crippen molar-refractivity contribution in [2.45, 2.75) is 32.6 Å². The third kappa shape index (κ3) is 0.866. The van der Waals surface area contributed by atoms with E-state index in [0.717, 1.165) is 0 Å². The lowest BCUT2D eigenvalue weighted by Gasteiger charge is -2.27. The van der Waals surface area contributed by atoms with Crippen LogP contribution in [0.5, 0.6) is 0 Å². The molecular weight excluding hydrogens is 200 g/mol. The Bertz CT molecular complexity index is 406. The van der Waals surface area contributed by atoms with E-state index in [1.165, 1.54) is 6.42 Å².